The molecule has 1 heterocycles. The Morgan fingerprint density at radius 3 is 2.63 bits per heavy atom. The molecule has 30 heavy (non-hydrogen) atoms. The standard InChI is InChI=1S/C25H32ClN3O/c1-19-7-6-8-20(17-19)29-15-13-28(14-16-29)12-5-4-11-27-25(30)23-18-22(23)21-9-2-3-10-24(21)26/h2-3,6-10,17,22-23H,4-5,11-16,18H2,1H3,(H,27,30). The van der Waals surface area contributed by atoms with E-state index in [1.54, 1.807) is 0 Å². The average molecular weight is 426 g/mol. The monoisotopic (exact) mass is 425 g/mol. The molecule has 160 valence electrons. The van der Waals surface area contributed by atoms with Crippen molar-refractivity contribution in [1.82, 2.24) is 10.2 Å². The Morgan fingerprint density at radius 2 is 1.87 bits per heavy atom. The molecule has 1 N–H and O–H groups in total. The highest BCUT2D eigenvalue weighted by Gasteiger charge is 2.44. The van der Waals surface area contributed by atoms with Crippen molar-refractivity contribution >= 4 is 23.2 Å². The van der Waals surface area contributed by atoms with E-state index < -0.39 is 0 Å². The van der Waals surface area contributed by atoms with Crippen molar-refractivity contribution in [3.63, 3.8) is 0 Å². The first-order valence-corrected chi connectivity index (χ1v) is 11.6. The van der Waals surface area contributed by atoms with Gasteiger partial charge in [0.05, 0.1) is 0 Å². The summed E-state index contributed by atoms with van der Waals surface area (Å²) >= 11 is 6.26. The molecule has 0 bridgehead atoms. The van der Waals surface area contributed by atoms with E-state index in [0.717, 1.165) is 69.1 Å². The number of nitrogens with zero attached hydrogens (tertiary/aromatic N) is 2. The van der Waals surface area contributed by atoms with Gasteiger partial charge in [-0.15, -0.1) is 0 Å². The number of hydrogen-bond acceptors (Lipinski definition) is 3. The number of carbonyl (C=O) groups is 1. The molecule has 4 rings (SSSR count). The Kier molecular flexibility index (Phi) is 6.96. The zero-order valence-electron chi connectivity index (χ0n) is 17.8. The van der Waals surface area contributed by atoms with Gasteiger partial charge in [-0.25, -0.2) is 0 Å². The van der Waals surface area contributed by atoms with Crippen LogP contribution in [-0.4, -0.2) is 50.1 Å². The summed E-state index contributed by atoms with van der Waals surface area (Å²) in [5.41, 5.74) is 3.78. The zero-order valence-corrected chi connectivity index (χ0v) is 18.6. The number of aryl methyl sites for hydroxylation is 1. The maximum Gasteiger partial charge on any atom is 0.223 e. The van der Waals surface area contributed by atoms with Gasteiger partial charge >= 0.3 is 0 Å². The molecule has 5 heteroatoms. The predicted molar refractivity (Wildman–Crippen MR) is 124 cm³/mol. The molecule has 2 unspecified atom stereocenters. The number of carbonyl (C=O) groups excluding carboxylic acids is 1. The number of halogens is 1. The van der Waals surface area contributed by atoms with E-state index in [4.69, 9.17) is 11.6 Å². The van der Waals surface area contributed by atoms with Gasteiger partial charge in [-0.2, -0.15) is 0 Å². The van der Waals surface area contributed by atoms with Gasteiger partial charge < -0.3 is 10.2 Å². The SMILES string of the molecule is Cc1cccc(N2CCN(CCCCNC(=O)C3CC3c3ccccc3Cl)CC2)c1. The number of anilines is 1. The van der Waals surface area contributed by atoms with Crippen LogP contribution < -0.4 is 10.2 Å². The fraction of sp³-hybridized carbons (Fsp3) is 0.480. The maximum absolute atomic E-state index is 12.4. The molecule has 1 amide bonds. The maximum atomic E-state index is 12.4. The molecule has 2 aromatic carbocycles. The molecule has 0 radical (unpaired) electrons. The summed E-state index contributed by atoms with van der Waals surface area (Å²) in [6.45, 7) is 8.44. The molecule has 0 spiro atoms. The molecule has 0 aromatic heterocycles. The Morgan fingerprint density at radius 1 is 1.07 bits per heavy atom. The van der Waals surface area contributed by atoms with E-state index >= 15 is 0 Å². The Bertz CT molecular complexity index is 863. The van der Waals surface area contributed by atoms with Crippen LogP contribution in [0.1, 0.15) is 36.3 Å². The summed E-state index contributed by atoms with van der Waals surface area (Å²) in [7, 11) is 0. The Labute approximate surface area is 185 Å². The molecule has 1 aliphatic carbocycles. The highest BCUT2D eigenvalue weighted by Crippen LogP contribution is 2.49. The summed E-state index contributed by atoms with van der Waals surface area (Å²) in [5, 5.41) is 3.90. The smallest absolute Gasteiger partial charge is 0.223 e. The molecule has 1 saturated heterocycles. The van der Waals surface area contributed by atoms with Crippen LogP contribution in [0.5, 0.6) is 0 Å². The molecule has 2 aliphatic rings. The third-order valence-electron chi connectivity index (χ3n) is 6.37. The van der Waals surface area contributed by atoms with Crippen LogP contribution in [0.4, 0.5) is 5.69 Å². The van der Waals surface area contributed by atoms with Gasteiger partial charge in [-0.05, 0) is 68.0 Å². The van der Waals surface area contributed by atoms with Crippen LogP contribution >= 0.6 is 11.6 Å². The second-order valence-electron chi connectivity index (χ2n) is 8.64. The van der Waals surface area contributed by atoms with Crippen LogP contribution in [0.2, 0.25) is 5.02 Å². The molecule has 2 aromatic rings. The minimum absolute atomic E-state index is 0.0969. The van der Waals surface area contributed by atoms with Crippen molar-refractivity contribution in [3.05, 3.63) is 64.7 Å². The van der Waals surface area contributed by atoms with Gasteiger partial charge in [0.1, 0.15) is 0 Å². The highest BCUT2D eigenvalue weighted by molar-refractivity contribution is 6.31. The minimum atomic E-state index is 0.0969. The van der Waals surface area contributed by atoms with E-state index in [1.165, 1.54) is 11.3 Å². The van der Waals surface area contributed by atoms with Crippen LogP contribution in [0.25, 0.3) is 0 Å². The molecule has 4 nitrogen and oxygen atoms in total. The first kappa shape index (κ1) is 21.2. The topological polar surface area (TPSA) is 35.6 Å². The van der Waals surface area contributed by atoms with Gasteiger partial charge in [0.2, 0.25) is 5.91 Å². The highest BCUT2D eigenvalue weighted by atomic mass is 35.5. The largest absolute Gasteiger partial charge is 0.369 e. The predicted octanol–water partition coefficient (Wildman–Crippen LogP) is 4.47. The average Bonchev–Trinajstić information content (AvgIpc) is 3.55. The first-order valence-electron chi connectivity index (χ1n) is 11.2. The molecule has 1 saturated carbocycles. The van der Waals surface area contributed by atoms with E-state index in [-0.39, 0.29) is 11.8 Å². The summed E-state index contributed by atoms with van der Waals surface area (Å²) in [6.07, 6.45) is 3.08. The lowest BCUT2D eigenvalue weighted by Gasteiger charge is -2.36. The van der Waals surface area contributed by atoms with Gasteiger partial charge in [-0.3, -0.25) is 9.69 Å². The summed E-state index contributed by atoms with van der Waals surface area (Å²) in [6, 6.07) is 16.7. The Balaban J connectivity index is 1.09. The lowest BCUT2D eigenvalue weighted by Crippen LogP contribution is -2.46. The minimum Gasteiger partial charge on any atom is -0.369 e. The Hall–Kier alpha value is -2.04. The molecule has 2 fully saturated rings. The van der Waals surface area contributed by atoms with E-state index in [1.807, 2.05) is 24.3 Å². The van der Waals surface area contributed by atoms with Gasteiger partial charge in [0, 0.05) is 49.4 Å². The molecule has 2 atom stereocenters. The van der Waals surface area contributed by atoms with Crippen molar-refractivity contribution in [3.8, 4) is 0 Å². The van der Waals surface area contributed by atoms with Crippen LogP contribution in [0.15, 0.2) is 48.5 Å². The first-order chi connectivity index (χ1) is 14.6. The van der Waals surface area contributed by atoms with Gasteiger partial charge in [0.15, 0.2) is 0 Å². The van der Waals surface area contributed by atoms with Crippen molar-refractivity contribution in [1.29, 1.82) is 0 Å². The van der Waals surface area contributed by atoms with Crippen LogP contribution in [0.3, 0.4) is 0 Å². The number of unbranched alkanes of at least 4 members (excludes halogenated alkanes) is 1. The number of amides is 1. The van der Waals surface area contributed by atoms with E-state index in [2.05, 4.69) is 46.3 Å². The fourth-order valence-corrected chi connectivity index (χ4v) is 4.74. The third-order valence-corrected chi connectivity index (χ3v) is 6.72. The van der Waals surface area contributed by atoms with Crippen LogP contribution in [0, 0.1) is 12.8 Å². The van der Waals surface area contributed by atoms with Gasteiger partial charge in [0.25, 0.3) is 0 Å². The number of rotatable bonds is 8. The molecular weight excluding hydrogens is 394 g/mol. The van der Waals surface area contributed by atoms with Crippen molar-refractivity contribution < 1.29 is 4.79 Å². The van der Waals surface area contributed by atoms with Crippen molar-refractivity contribution in [2.24, 2.45) is 5.92 Å². The van der Waals surface area contributed by atoms with Crippen LogP contribution in [-0.2, 0) is 4.79 Å². The molecular formula is C25H32ClN3O. The van der Waals surface area contributed by atoms with E-state index in [0.29, 0.717) is 5.92 Å². The zero-order chi connectivity index (χ0) is 20.9. The third kappa shape index (κ3) is 5.35. The normalized spacial score (nSPS) is 21.5. The lowest BCUT2D eigenvalue weighted by atomic mass is 10.1. The quantitative estimate of drug-likeness (QED) is 0.634. The van der Waals surface area contributed by atoms with Crippen molar-refractivity contribution in [2.45, 2.75) is 32.1 Å². The second kappa shape index (κ2) is 9.84. The number of benzene rings is 2. The summed E-state index contributed by atoms with van der Waals surface area (Å²) < 4.78 is 0. The summed E-state index contributed by atoms with van der Waals surface area (Å²) in [5.74, 6) is 0.578. The molecule has 1 aliphatic heterocycles. The fourth-order valence-electron chi connectivity index (χ4n) is 4.46. The number of piperazine rings is 1. The number of hydrogen-bond donors (Lipinski definition) is 1. The number of nitrogens with one attached hydrogen (secondary N) is 1. The van der Waals surface area contributed by atoms with Crippen molar-refractivity contribution in [2.75, 3.05) is 44.2 Å². The van der Waals surface area contributed by atoms with Gasteiger partial charge in [-0.1, -0.05) is 41.9 Å². The summed E-state index contributed by atoms with van der Waals surface area (Å²) in [4.78, 5) is 17.4. The lowest BCUT2D eigenvalue weighted by molar-refractivity contribution is -0.122. The second-order valence-corrected chi connectivity index (χ2v) is 9.04. The van der Waals surface area contributed by atoms with E-state index in [9.17, 15) is 4.79 Å².